The molecule has 0 atom stereocenters. The Morgan fingerprint density at radius 2 is 2.12 bits per heavy atom. The quantitative estimate of drug-likeness (QED) is 0.451. The zero-order valence-electron chi connectivity index (χ0n) is 13.5. The zero-order valence-corrected chi connectivity index (χ0v) is 14.3. The largest absolute Gasteiger partial charge is 0.340 e. The first-order chi connectivity index (χ1) is 11.5. The number of hydrogen-bond acceptors (Lipinski definition) is 4. The molecule has 0 unspecified atom stereocenters. The lowest BCUT2D eigenvalue weighted by Crippen LogP contribution is -2.22. The second-order valence-corrected chi connectivity index (χ2v) is 5.78. The van der Waals surface area contributed by atoms with E-state index in [2.05, 4.69) is 32.5 Å². The summed E-state index contributed by atoms with van der Waals surface area (Å²) in [5, 5.41) is 11.8. The van der Waals surface area contributed by atoms with Crippen LogP contribution in [0.1, 0.15) is 17.0 Å². The molecule has 0 aliphatic carbocycles. The summed E-state index contributed by atoms with van der Waals surface area (Å²) in [7, 11) is 0. The van der Waals surface area contributed by atoms with Crippen LogP contribution in [0.25, 0.3) is 10.9 Å². The molecule has 1 aromatic carbocycles. The monoisotopic (exact) mass is 339 g/mol. The van der Waals surface area contributed by atoms with Crippen molar-refractivity contribution in [2.24, 2.45) is 5.10 Å². The van der Waals surface area contributed by atoms with E-state index in [1.807, 2.05) is 31.2 Å². The molecule has 3 aromatic rings. The number of para-hydroxylation sites is 1. The molecular formula is C17H17N5OS. The van der Waals surface area contributed by atoms with Crippen molar-refractivity contribution in [2.45, 2.75) is 20.4 Å². The maximum atomic E-state index is 12.1. The Morgan fingerprint density at radius 3 is 2.88 bits per heavy atom. The van der Waals surface area contributed by atoms with Crippen molar-refractivity contribution in [1.29, 1.82) is 0 Å². The summed E-state index contributed by atoms with van der Waals surface area (Å²) in [6.07, 6.45) is 3.52. The van der Waals surface area contributed by atoms with Gasteiger partial charge in [-0.2, -0.15) is 14.9 Å². The molecule has 0 saturated heterocycles. The number of aryl methyl sites for hydroxylation is 1. The molecule has 0 saturated carbocycles. The van der Waals surface area contributed by atoms with Crippen molar-refractivity contribution in [2.75, 3.05) is 0 Å². The average molecular weight is 339 g/mol. The first-order valence-corrected chi connectivity index (χ1v) is 7.87. The summed E-state index contributed by atoms with van der Waals surface area (Å²) in [5.74, 6) is 0. The smallest absolute Gasteiger partial charge is 0.296 e. The number of aromatic amines is 1. The van der Waals surface area contributed by atoms with E-state index in [0.29, 0.717) is 12.2 Å². The first-order valence-electron chi connectivity index (χ1n) is 7.46. The standard InChI is InChI=1S/C17H17N5OS/c1-4-9-21-12(3)14(13-7-5-6-8-15(13)21)10-18-22-16(23)11(2)19-20-17(22)24/h4-8,10H,1,9H2,2-3H3,(H,20,24)/b18-10+. The van der Waals surface area contributed by atoms with Gasteiger partial charge < -0.3 is 4.57 Å². The van der Waals surface area contributed by atoms with E-state index < -0.39 is 0 Å². The van der Waals surface area contributed by atoms with Gasteiger partial charge in [-0.05, 0) is 32.1 Å². The van der Waals surface area contributed by atoms with Crippen LogP contribution in [0.15, 0.2) is 46.8 Å². The Morgan fingerprint density at radius 1 is 1.38 bits per heavy atom. The molecule has 0 fully saturated rings. The van der Waals surface area contributed by atoms with Gasteiger partial charge in [0, 0.05) is 28.7 Å². The second kappa shape index (κ2) is 6.37. The van der Waals surface area contributed by atoms with Crippen LogP contribution in [-0.2, 0) is 6.54 Å². The number of allylic oxidation sites excluding steroid dienone is 1. The maximum absolute atomic E-state index is 12.1. The molecule has 0 radical (unpaired) electrons. The van der Waals surface area contributed by atoms with Gasteiger partial charge in [-0.25, -0.2) is 0 Å². The van der Waals surface area contributed by atoms with Crippen LogP contribution >= 0.6 is 12.2 Å². The van der Waals surface area contributed by atoms with Gasteiger partial charge in [-0.15, -0.1) is 6.58 Å². The molecule has 2 heterocycles. The number of rotatable bonds is 4. The lowest BCUT2D eigenvalue weighted by molar-refractivity contribution is 0.720. The van der Waals surface area contributed by atoms with Crippen molar-refractivity contribution >= 4 is 29.3 Å². The number of nitrogens with one attached hydrogen (secondary N) is 1. The number of nitrogens with zero attached hydrogens (tertiary/aromatic N) is 4. The van der Waals surface area contributed by atoms with Gasteiger partial charge in [-0.1, -0.05) is 24.3 Å². The number of hydrogen-bond donors (Lipinski definition) is 1. The lowest BCUT2D eigenvalue weighted by atomic mass is 10.1. The highest BCUT2D eigenvalue weighted by atomic mass is 32.1. The fourth-order valence-electron chi connectivity index (χ4n) is 2.68. The van der Waals surface area contributed by atoms with Gasteiger partial charge in [-0.3, -0.25) is 9.89 Å². The van der Waals surface area contributed by atoms with E-state index in [1.54, 1.807) is 13.1 Å². The summed E-state index contributed by atoms with van der Waals surface area (Å²) < 4.78 is 3.47. The van der Waals surface area contributed by atoms with Crippen molar-refractivity contribution in [1.82, 2.24) is 19.4 Å². The Balaban J connectivity index is 2.20. The highest BCUT2D eigenvalue weighted by molar-refractivity contribution is 7.71. The number of aromatic nitrogens is 4. The fraction of sp³-hybridized carbons (Fsp3) is 0.176. The van der Waals surface area contributed by atoms with Crippen molar-refractivity contribution in [3.05, 3.63) is 69.0 Å². The van der Waals surface area contributed by atoms with E-state index in [0.717, 1.165) is 26.8 Å². The predicted octanol–water partition coefficient (Wildman–Crippen LogP) is 2.94. The van der Waals surface area contributed by atoms with Crippen molar-refractivity contribution in [3.63, 3.8) is 0 Å². The van der Waals surface area contributed by atoms with E-state index in [-0.39, 0.29) is 10.3 Å². The second-order valence-electron chi connectivity index (χ2n) is 5.39. The minimum atomic E-state index is -0.331. The molecule has 7 heteroatoms. The average Bonchev–Trinajstić information content (AvgIpc) is 2.84. The van der Waals surface area contributed by atoms with Crippen LogP contribution < -0.4 is 5.56 Å². The van der Waals surface area contributed by atoms with Crippen molar-refractivity contribution in [3.8, 4) is 0 Å². The molecule has 1 N–H and O–H groups in total. The summed E-state index contributed by atoms with van der Waals surface area (Å²) in [4.78, 5) is 12.1. The van der Waals surface area contributed by atoms with Crippen LogP contribution in [0.4, 0.5) is 0 Å². The van der Waals surface area contributed by atoms with E-state index >= 15 is 0 Å². The molecule has 0 amide bonds. The molecule has 0 aliphatic heterocycles. The minimum absolute atomic E-state index is 0.161. The predicted molar refractivity (Wildman–Crippen MR) is 98.3 cm³/mol. The molecule has 24 heavy (non-hydrogen) atoms. The summed E-state index contributed by atoms with van der Waals surface area (Å²) in [6.45, 7) is 8.15. The molecule has 0 aliphatic rings. The summed E-state index contributed by atoms with van der Waals surface area (Å²) >= 11 is 5.10. The van der Waals surface area contributed by atoms with Crippen LogP contribution in [0.5, 0.6) is 0 Å². The number of H-pyrrole nitrogens is 1. The summed E-state index contributed by atoms with van der Waals surface area (Å²) in [6, 6.07) is 8.06. The third-order valence-corrected chi connectivity index (χ3v) is 4.17. The number of fused-ring (bicyclic) bond motifs is 1. The first kappa shape index (κ1) is 16.1. The normalized spacial score (nSPS) is 11.4. The van der Waals surface area contributed by atoms with Gasteiger partial charge in [0.2, 0.25) is 4.77 Å². The van der Waals surface area contributed by atoms with Crippen LogP contribution in [0, 0.1) is 18.6 Å². The Hall–Kier alpha value is -2.80. The van der Waals surface area contributed by atoms with E-state index in [4.69, 9.17) is 12.2 Å². The molecular weight excluding hydrogens is 322 g/mol. The Labute approximate surface area is 143 Å². The topological polar surface area (TPSA) is 68.0 Å². The van der Waals surface area contributed by atoms with E-state index in [1.165, 1.54) is 0 Å². The van der Waals surface area contributed by atoms with Gasteiger partial charge >= 0.3 is 0 Å². The molecule has 0 bridgehead atoms. The SMILES string of the molecule is C=CCn1c(C)c(/C=N/n2c(=S)[nH]nc(C)c2=O)c2ccccc21. The third-order valence-electron chi connectivity index (χ3n) is 3.91. The number of benzene rings is 1. The molecule has 122 valence electrons. The third kappa shape index (κ3) is 2.63. The molecule has 6 nitrogen and oxygen atoms in total. The molecule has 0 spiro atoms. The lowest BCUT2D eigenvalue weighted by Gasteiger charge is -2.04. The Kier molecular flexibility index (Phi) is 4.26. The molecule has 3 rings (SSSR count). The van der Waals surface area contributed by atoms with Gasteiger partial charge in [0.15, 0.2) is 0 Å². The van der Waals surface area contributed by atoms with Crippen LogP contribution in [0.2, 0.25) is 0 Å². The van der Waals surface area contributed by atoms with Gasteiger partial charge in [0.05, 0.1) is 6.21 Å². The van der Waals surface area contributed by atoms with Crippen molar-refractivity contribution < 1.29 is 0 Å². The fourth-order valence-corrected chi connectivity index (χ4v) is 2.85. The zero-order chi connectivity index (χ0) is 17.3. The highest BCUT2D eigenvalue weighted by Crippen LogP contribution is 2.24. The van der Waals surface area contributed by atoms with E-state index in [9.17, 15) is 4.79 Å². The van der Waals surface area contributed by atoms with Crippen LogP contribution in [-0.4, -0.2) is 25.7 Å². The minimum Gasteiger partial charge on any atom is -0.340 e. The van der Waals surface area contributed by atoms with Gasteiger partial charge in [0.1, 0.15) is 5.69 Å². The Bertz CT molecular complexity index is 1070. The molecule has 2 aromatic heterocycles. The highest BCUT2D eigenvalue weighted by Gasteiger charge is 2.11. The maximum Gasteiger partial charge on any atom is 0.296 e. The summed E-state index contributed by atoms with van der Waals surface area (Å²) in [5.41, 5.74) is 3.07. The van der Waals surface area contributed by atoms with Gasteiger partial charge in [0.25, 0.3) is 5.56 Å². The van der Waals surface area contributed by atoms with Crippen LogP contribution in [0.3, 0.4) is 0 Å².